The molecule has 18 heavy (non-hydrogen) atoms. The molecule has 1 fully saturated rings. The summed E-state index contributed by atoms with van der Waals surface area (Å²) in [5.41, 5.74) is 0.485. The van der Waals surface area contributed by atoms with Crippen LogP contribution in [0.25, 0.3) is 0 Å². The van der Waals surface area contributed by atoms with Crippen LogP contribution in [-0.4, -0.2) is 12.5 Å². The summed E-state index contributed by atoms with van der Waals surface area (Å²) in [6, 6.07) is 4.20. The van der Waals surface area contributed by atoms with Crippen molar-refractivity contribution in [1.29, 1.82) is 0 Å². The molecule has 1 N–H and O–H groups in total. The second kappa shape index (κ2) is 5.52. The van der Waals surface area contributed by atoms with Crippen LogP contribution in [0.5, 0.6) is 5.75 Å². The lowest BCUT2D eigenvalue weighted by atomic mass is 9.85. The summed E-state index contributed by atoms with van der Waals surface area (Å²) in [6.07, 6.45) is 2.86. The van der Waals surface area contributed by atoms with Gasteiger partial charge in [0.15, 0.2) is 0 Å². The molecule has 1 aliphatic carbocycles. The van der Waals surface area contributed by atoms with Crippen LogP contribution < -0.4 is 10.1 Å². The zero-order chi connectivity index (χ0) is 13.1. The van der Waals surface area contributed by atoms with E-state index in [1.54, 1.807) is 0 Å². The van der Waals surface area contributed by atoms with Gasteiger partial charge in [0, 0.05) is 11.6 Å². The molecular formula is C12H12ClF2NO2. The molecule has 1 aliphatic rings. The highest BCUT2D eigenvalue weighted by Crippen LogP contribution is 2.31. The van der Waals surface area contributed by atoms with Crippen molar-refractivity contribution in [2.45, 2.75) is 25.9 Å². The lowest BCUT2D eigenvalue weighted by Gasteiger charge is -2.24. The second-order valence-corrected chi connectivity index (χ2v) is 4.55. The number of carbonyl (C=O) groups excluding carboxylic acids is 1. The van der Waals surface area contributed by atoms with Gasteiger partial charge in [-0.25, -0.2) is 0 Å². The summed E-state index contributed by atoms with van der Waals surface area (Å²) in [5.74, 6) is -0.103. The first kappa shape index (κ1) is 13.1. The molecule has 0 aromatic heterocycles. The second-order valence-electron chi connectivity index (χ2n) is 4.14. The van der Waals surface area contributed by atoms with Gasteiger partial charge >= 0.3 is 6.61 Å². The van der Waals surface area contributed by atoms with E-state index in [1.165, 1.54) is 18.2 Å². The first-order valence-electron chi connectivity index (χ1n) is 5.61. The number of amides is 1. The number of halogens is 3. The van der Waals surface area contributed by atoms with Crippen LogP contribution >= 0.6 is 11.6 Å². The predicted octanol–water partition coefficient (Wildman–Crippen LogP) is 3.68. The molecule has 0 unspecified atom stereocenters. The number of benzene rings is 1. The largest absolute Gasteiger partial charge is 0.433 e. The van der Waals surface area contributed by atoms with Gasteiger partial charge in [0.1, 0.15) is 5.75 Å². The summed E-state index contributed by atoms with van der Waals surface area (Å²) in [7, 11) is 0. The first-order valence-corrected chi connectivity index (χ1v) is 5.99. The van der Waals surface area contributed by atoms with E-state index >= 15 is 0 Å². The molecular weight excluding hydrogens is 264 g/mol. The zero-order valence-electron chi connectivity index (χ0n) is 9.46. The van der Waals surface area contributed by atoms with Gasteiger partial charge in [0.05, 0.1) is 5.02 Å². The van der Waals surface area contributed by atoms with Crippen LogP contribution in [0.15, 0.2) is 18.2 Å². The maximum atomic E-state index is 12.0. The minimum absolute atomic E-state index is 0.0432. The smallest absolute Gasteiger partial charge is 0.387 e. The number of nitrogens with one attached hydrogen (secondary N) is 1. The minimum atomic E-state index is -2.92. The van der Waals surface area contributed by atoms with Crippen molar-refractivity contribution in [2.24, 2.45) is 5.92 Å². The molecule has 3 nitrogen and oxygen atoms in total. The molecule has 0 heterocycles. The van der Waals surface area contributed by atoms with E-state index in [9.17, 15) is 13.6 Å². The van der Waals surface area contributed by atoms with Gasteiger partial charge in [0.2, 0.25) is 5.91 Å². The maximum absolute atomic E-state index is 12.0. The molecule has 1 saturated carbocycles. The third-order valence-electron chi connectivity index (χ3n) is 2.89. The molecule has 1 aromatic carbocycles. The Kier molecular flexibility index (Phi) is 4.01. The molecule has 1 amide bonds. The van der Waals surface area contributed by atoms with Gasteiger partial charge < -0.3 is 10.1 Å². The van der Waals surface area contributed by atoms with Gasteiger partial charge in [-0.1, -0.05) is 18.0 Å². The average molecular weight is 276 g/mol. The molecule has 1 aromatic rings. The van der Waals surface area contributed by atoms with E-state index in [2.05, 4.69) is 10.1 Å². The van der Waals surface area contributed by atoms with Crippen LogP contribution in [0.2, 0.25) is 5.02 Å². The van der Waals surface area contributed by atoms with Gasteiger partial charge in [-0.05, 0) is 31.0 Å². The first-order chi connectivity index (χ1) is 8.56. The van der Waals surface area contributed by atoms with Crippen LogP contribution in [0, 0.1) is 5.92 Å². The van der Waals surface area contributed by atoms with E-state index in [0.717, 1.165) is 19.3 Å². The lowest BCUT2D eigenvalue weighted by Crippen LogP contribution is -2.27. The highest BCUT2D eigenvalue weighted by Gasteiger charge is 2.25. The van der Waals surface area contributed by atoms with Gasteiger partial charge in [0.25, 0.3) is 0 Å². The monoisotopic (exact) mass is 275 g/mol. The topological polar surface area (TPSA) is 38.3 Å². The molecule has 0 bridgehead atoms. The van der Waals surface area contributed by atoms with Crippen LogP contribution in [0.3, 0.4) is 0 Å². The minimum Gasteiger partial charge on any atom is -0.433 e. The molecule has 0 atom stereocenters. The highest BCUT2D eigenvalue weighted by molar-refractivity contribution is 6.32. The van der Waals surface area contributed by atoms with Crippen molar-refractivity contribution in [3.63, 3.8) is 0 Å². The Hall–Kier alpha value is -1.36. The Balaban J connectivity index is 2.01. The third-order valence-corrected chi connectivity index (χ3v) is 3.19. The third kappa shape index (κ3) is 3.10. The molecule has 98 valence electrons. The summed E-state index contributed by atoms with van der Waals surface area (Å²) < 4.78 is 28.2. The van der Waals surface area contributed by atoms with Crippen LogP contribution in [0.1, 0.15) is 19.3 Å². The van der Waals surface area contributed by atoms with E-state index in [1.807, 2.05) is 0 Å². The van der Waals surface area contributed by atoms with Crippen molar-refractivity contribution in [3.8, 4) is 5.75 Å². The van der Waals surface area contributed by atoms with Gasteiger partial charge in [-0.15, -0.1) is 0 Å². The van der Waals surface area contributed by atoms with Gasteiger partial charge in [-0.2, -0.15) is 8.78 Å². The van der Waals surface area contributed by atoms with E-state index < -0.39 is 6.61 Å². The van der Waals surface area contributed by atoms with E-state index in [4.69, 9.17) is 11.6 Å². The fraction of sp³-hybridized carbons (Fsp3) is 0.417. The van der Waals surface area contributed by atoms with E-state index in [-0.39, 0.29) is 22.6 Å². The van der Waals surface area contributed by atoms with Crippen molar-refractivity contribution in [2.75, 3.05) is 5.32 Å². The Labute approximate surface area is 108 Å². The molecule has 6 heteroatoms. The molecule has 2 rings (SSSR count). The Bertz CT molecular complexity index is 450. The molecule has 0 spiro atoms. The Morgan fingerprint density at radius 1 is 1.44 bits per heavy atom. The fourth-order valence-electron chi connectivity index (χ4n) is 1.68. The molecule has 0 aliphatic heterocycles. The maximum Gasteiger partial charge on any atom is 0.387 e. The summed E-state index contributed by atoms with van der Waals surface area (Å²) in [5, 5.41) is 2.74. The fourth-order valence-corrected chi connectivity index (χ4v) is 1.91. The number of hydrogen-bond acceptors (Lipinski definition) is 2. The number of rotatable bonds is 4. The van der Waals surface area contributed by atoms with Crippen LogP contribution in [0.4, 0.5) is 14.5 Å². The van der Waals surface area contributed by atoms with Gasteiger partial charge in [-0.3, -0.25) is 4.79 Å². The van der Waals surface area contributed by atoms with Crippen molar-refractivity contribution in [1.82, 2.24) is 0 Å². The zero-order valence-corrected chi connectivity index (χ0v) is 10.2. The number of hydrogen-bond donors (Lipinski definition) is 1. The van der Waals surface area contributed by atoms with E-state index in [0.29, 0.717) is 5.69 Å². The van der Waals surface area contributed by atoms with Crippen molar-refractivity contribution in [3.05, 3.63) is 23.2 Å². The molecule has 0 saturated heterocycles. The normalized spacial score (nSPS) is 15.3. The van der Waals surface area contributed by atoms with Crippen molar-refractivity contribution < 1.29 is 18.3 Å². The summed E-state index contributed by atoms with van der Waals surface area (Å²) in [6.45, 7) is -2.92. The quantitative estimate of drug-likeness (QED) is 0.910. The van der Waals surface area contributed by atoms with Crippen molar-refractivity contribution >= 4 is 23.2 Å². The number of carbonyl (C=O) groups is 1. The standard InChI is InChI=1S/C12H12ClF2NO2/c13-9-6-8(4-5-10(9)18-12(14)15)16-11(17)7-2-1-3-7/h4-7,12H,1-3H2,(H,16,17). The van der Waals surface area contributed by atoms with Crippen LogP contribution in [-0.2, 0) is 4.79 Å². The lowest BCUT2D eigenvalue weighted by molar-refractivity contribution is -0.122. The summed E-state index contributed by atoms with van der Waals surface area (Å²) >= 11 is 5.77. The predicted molar refractivity (Wildman–Crippen MR) is 64.1 cm³/mol. The Morgan fingerprint density at radius 3 is 2.67 bits per heavy atom. The number of anilines is 1. The summed E-state index contributed by atoms with van der Waals surface area (Å²) in [4.78, 5) is 11.7. The number of alkyl halides is 2. The number of ether oxygens (including phenoxy) is 1. The molecule has 0 radical (unpaired) electrons. The highest BCUT2D eigenvalue weighted by atomic mass is 35.5. The average Bonchev–Trinajstić information content (AvgIpc) is 2.18. The Morgan fingerprint density at radius 2 is 2.17 bits per heavy atom. The SMILES string of the molecule is O=C(Nc1ccc(OC(F)F)c(Cl)c1)C1CCC1.